The highest BCUT2D eigenvalue weighted by atomic mass is 19.2. The van der Waals surface area contributed by atoms with Crippen LogP contribution in [0.1, 0.15) is 90.9 Å². The molecule has 1 rings (SSSR count). The number of hydrogen-bond donors (Lipinski definition) is 0. The van der Waals surface area contributed by atoms with Crippen molar-refractivity contribution in [1.29, 1.82) is 0 Å². The molecule has 0 radical (unpaired) electrons. The third-order valence-corrected chi connectivity index (χ3v) is 5.06. The normalized spacial score (nSPS) is 12.4. The van der Waals surface area contributed by atoms with E-state index in [9.17, 15) is 22.0 Å². The third kappa shape index (κ3) is 7.96. The largest absolute Gasteiger partial charge is 0.487 e. The standard InChI is InChI=1S/C22H33F5O/c1-3-5-7-9-10-12-14-16(13-11-8-6-4-2)15-28-22-20(26)18(24)17(23)19(25)21(22)27/h16H,3-15H2,1-2H3. The van der Waals surface area contributed by atoms with Crippen molar-refractivity contribution in [3.05, 3.63) is 29.1 Å². The highest BCUT2D eigenvalue weighted by molar-refractivity contribution is 5.29. The van der Waals surface area contributed by atoms with E-state index >= 15 is 0 Å². The van der Waals surface area contributed by atoms with E-state index in [4.69, 9.17) is 4.74 Å². The Kier molecular flexibility index (Phi) is 12.2. The lowest BCUT2D eigenvalue weighted by molar-refractivity contribution is 0.200. The first-order valence-corrected chi connectivity index (χ1v) is 10.6. The number of unbranched alkanes of at least 4 members (excludes halogenated alkanes) is 8. The van der Waals surface area contributed by atoms with Gasteiger partial charge in [0.05, 0.1) is 6.61 Å². The molecule has 0 saturated carbocycles. The van der Waals surface area contributed by atoms with E-state index in [-0.39, 0.29) is 12.5 Å². The zero-order chi connectivity index (χ0) is 20.9. The predicted octanol–water partition coefficient (Wildman–Crippen LogP) is 8.10. The molecule has 0 fully saturated rings. The number of ether oxygens (including phenoxy) is 1. The Balaban J connectivity index is 2.64. The summed E-state index contributed by atoms with van der Waals surface area (Å²) in [7, 11) is 0. The topological polar surface area (TPSA) is 9.23 Å². The van der Waals surface area contributed by atoms with Gasteiger partial charge < -0.3 is 4.74 Å². The maximum absolute atomic E-state index is 13.8. The van der Waals surface area contributed by atoms with E-state index in [0.29, 0.717) is 0 Å². The maximum Gasteiger partial charge on any atom is 0.206 e. The van der Waals surface area contributed by atoms with Gasteiger partial charge in [-0.2, -0.15) is 8.78 Å². The van der Waals surface area contributed by atoms with Gasteiger partial charge in [0.25, 0.3) is 0 Å². The van der Waals surface area contributed by atoms with Crippen LogP contribution < -0.4 is 4.74 Å². The van der Waals surface area contributed by atoms with Crippen LogP contribution in [0, 0.1) is 35.0 Å². The number of benzene rings is 1. The van der Waals surface area contributed by atoms with Gasteiger partial charge in [0.1, 0.15) is 0 Å². The number of rotatable bonds is 15. The van der Waals surface area contributed by atoms with Crippen LogP contribution in [0.25, 0.3) is 0 Å². The van der Waals surface area contributed by atoms with Gasteiger partial charge in [-0.15, -0.1) is 0 Å². The van der Waals surface area contributed by atoms with Crippen LogP contribution in [0.15, 0.2) is 0 Å². The Labute approximate surface area is 165 Å². The fourth-order valence-electron chi connectivity index (χ4n) is 3.30. The molecule has 1 atom stereocenters. The Hall–Kier alpha value is -1.33. The third-order valence-electron chi connectivity index (χ3n) is 5.06. The van der Waals surface area contributed by atoms with E-state index in [0.717, 1.165) is 57.8 Å². The second kappa shape index (κ2) is 13.8. The second-order valence-corrected chi connectivity index (χ2v) is 7.48. The molecule has 0 saturated heterocycles. The van der Waals surface area contributed by atoms with E-state index in [1.54, 1.807) is 0 Å². The van der Waals surface area contributed by atoms with Crippen molar-refractivity contribution < 1.29 is 26.7 Å². The van der Waals surface area contributed by atoms with Crippen molar-refractivity contribution in [3.63, 3.8) is 0 Å². The molecule has 28 heavy (non-hydrogen) atoms. The molecule has 0 N–H and O–H groups in total. The van der Waals surface area contributed by atoms with Gasteiger partial charge in [0, 0.05) is 0 Å². The molecule has 0 bridgehead atoms. The Bertz CT molecular complexity index is 548. The summed E-state index contributed by atoms with van der Waals surface area (Å²) in [5.41, 5.74) is 0. The molecular weight excluding hydrogens is 375 g/mol. The monoisotopic (exact) mass is 408 g/mol. The molecule has 162 valence electrons. The first-order valence-electron chi connectivity index (χ1n) is 10.6. The lowest BCUT2D eigenvalue weighted by atomic mass is 9.95. The minimum Gasteiger partial charge on any atom is -0.487 e. The summed E-state index contributed by atoms with van der Waals surface area (Å²) in [5.74, 6) is -11.0. The zero-order valence-corrected chi connectivity index (χ0v) is 17.1. The van der Waals surface area contributed by atoms with Gasteiger partial charge in [-0.1, -0.05) is 78.1 Å². The molecule has 0 aliphatic rings. The summed E-state index contributed by atoms with van der Waals surface area (Å²) in [6, 6.07) is 0. The Morgan fingerprint density at radius 1 is 0.571 bits per heavy atom. The van der Waals surface area contributed by atoms with Crippen LogP contribution in [-0.2, 0) is 0 Å². The molecule has 0 aromatic heterocycles. The summed E-state index contributed by atoms with van der Waals surface area (Å²) in [4.78, 5) is 0. The van der Waals surface area contributed by atoms with Crippen LogP contribution >= 0.6 is 0 Å². The molecule has 0 spiro atoms. The number of halogens is 5. The van der Waals surface area contributed by atoms with Crippen LogP contribution in [0.4, 0.5) is 22.0 Å². The van der Waals surface area contributed by atoms with Crippen molar-refractivity contribution in [1.82, 2.24) is 0 Å². The molecule has 1 aromatic rings. The van der Waals surface area contributed by atoms with Crippen molar-refractivity contribution in [2.45, 2.75) is 90.9 Å². The summed E-state index contributed by atoms with van der Waals surface area (Å²) < 4.78 is 72.5. The van der Waals surface area contributed by atoms with Gasteiger partial charge in [0.15, 0.2) is 5.75 Å². The van der Waals surface area contributed by atoms with Crippen molar-refractivity contribution in [2.75, 3.05) is 6.61 Å². The fraction of sp³-hybridized carbons (Fsp3) is 0.727. The van der Waals surface area contributed by atoms with Crippen molar-refractivity contribution >= 4 is 0 Å². The van der Waals surface area contributed by atoms with Gasteiger partial charge in [-0.25, -0.2) is 13.2 Å². The van der Waals surface area contributed by atoms with Crippen LogP contribution in [-0.4, -0.2) is 6.61 Å². The molecule has 0 aliphatic carbocycles. The van der Waals surface area contributed by atoms with E-state index < -0.39 is 34.8 Å². The van der Waals surface area contributed by atoms with E-state index in [1.165, 1.54) is 19.3 Å². The van der Waals surface area contributed by atoms with Gasteiger partial charge in [0.2, 0.25) is 29.1 Å². The summed E-state index contributed by atoms with van der Waals surface area (Å²) in [6.45, 7) is 4.22. The summed E-state index contributed by atoms with van der Waals surface area (Å²) in [5, 5.41) is 0. The van der Waals surface area contributed by atoms with Gasteiger partial charge in [-0.05, 0) is 18.8 Å². The highest BCUT2D eigenvalue weighted by Crippen LogP contribution is 2.30. The molecule has 1 unspecified atom stereocenters. The molecule has 0 aliphatic heterocycles. The summed E-state index contributed by atoms with van der Waals surface area (Å²) in [6.07, 6.45) is 12.7. The van der Waals surface area contributed by atoms with Crippen LogP contribution in [0.2, 0.25) is 0 Å². The van der Waals surface area contributed by atoms with Gasteiger partial charge in [-0.3, -0.25) is 0 Å². The summed E-state index contributed by atoms with van der Waals surface area (Å²) >= 11 is 0. The van der Waals surface area contributed by atoms with E-state index in [2.05, 4.69) is 13.8 Å². The van der Waals surface area contributed by atoms with Crippen molar-refractivity contribution in [3.8, 4) is 5.75 Å². The molecule has 1 aromatic carbocycles. The van der Waals surface area contributed by atoms with Crippen molar-refractivity contribution in [2.24, 2.45) is 5.92 Å². The maximum atomic E-state index is 13.8. The molecule has 6 heteroatoms. The molecule has 1 nitrogen and oxygen atoms in total. The minimum atomic E-state index is -2.16. The van der Waals surface area contributed by atoms with Crippen LogP contribution in [0.5, 0.6) is 5.75 Å². The first-order chi connectivity index (χ1) is 13.4. The first kappa shape index (κ1) is 24.7. The number of hydrogen-bond acceptors (Lipinski definition) is 1. The molecule has 0 heterocycles. The molecule has 0 amide bonds. The lowest BCUT2D eigenvalue weighted by Gasteiger charge is -2.19. The lowest BCUT2D eigenvalue weighted by Crippen LogP contribution is -2.15. The van der Waals surface area contributed by atoms with Gasteiger partial charge >= 0.3 is 0 Å². The predicted molar refractivity (Wildman–Crippen MR) is 102 cm³/mol. The SMILES string of the molecule is CCCCCCCCC(CCCCCC)COc1c(F)c(F)c(F)c(F)c1F. The quantitative estimate of drug-likeness (QED) is 0.123. The molecular formula is C22H33F5O. The fourth-order valence-corrected chi connectivity index (χ4v) is 3.30. The van der Waals surface area contributed by atoms with E-state index in [1.807, 2.05) is 0 Å². The Morgan fingerprint density at radius 2 is 0.964 bits per heavy atom. The average molecular weight is 408 g/mol. The minimum absolute atomic E-state index is 0.0398. The average Bonchev–Trinajstić information content (AvgIpc) is 2.70. The highest BCUT2D eigenvalue weighted by Gasteiger charge is 2.27. The smallest absolute Gasteiger partial charge is 0.206 e. The zero-order valence-electron chi connectivity index (χ0n) is 17.1. The second-order valence-electron chi connectivity index (χ2n) is 7.48. The van der Waals surface area contributed by atoms with Crippen LogP contribution in [0.3, 0.4) is 0 Å². The Morgan fingerprint density at radius 3 is 1.46 bits per heavy atom.